The van der Waals surface area contributed by atoms with Crippen LogP contribution in [0, 0.1) is 13.8 Å². The number of rotatable bonds is 4. The van der Waals surface area contributed by atoms with Crippen molar-refractivity contribution < 1.29 is 9.59 Å². The molecule has 0 atom stereocenters. The maximum absolute atomic E-state index is 12.4. The minimum absolute atomic E-state index is 0.347. The number of aromatic nitrogens is 3. The van der Waals surface area contributed by atoms with Crippen molar-refractivity contribution in [2.24, 2.45) is 7.05 Å². The average molecular weight is 346 g/mol. The van der Waals surface area contributed by atoms with Crippen molar-refractivity contribution in [1.82, 2.24) is 14.8 Å². The summed E-state index contributed by atoms with van der Waals surface area (Å²) < 4.78 is 1.59. The number of hydrogen-bond donors (Lipinski definition) is 1. The topological polar surface area (TPSA) is 76.9 Å². The Labute approximate surface area is 140 Å². The zero-order valence-electron chi connectivity index (χ0n) is 12.8. The molecule has 1 N–H and O–H groups in total. The molecule has 23 heavy (non-hydrogen) atoms. The number of anilines is 1. The summed E-state index contributed by atoms with van der Waals surface area (Å²) in [5.74, 6) is -1.29. The summed E-state index contributed by atoms with van der Waals surface area (Å²) >= 11 is 2.86. The molecule has 6 nitrogen and oxygen atoms in total. The first-order valence-corrected chi connectivity index (χ1v) is 8.58. The second-order valence-corrected chi connectivity index (χ2v) is 6.77. The van der Waals surface area contributed by atoms with Crippen LogP contribution < -0.4 is 5.32 Å². The van der Waals surface area contributed by atoms with Gasteiger partial charge in [-0.15, -0.1) is 22.7 Å². The van der Waals surface area contributed by atoms with Crippen LogP contribution in [0.3, 0.4) is 0 Å². The highest BCUT2D eigenvalue weighted by atomic mass is 32.1. The Morgan fingerprint density at radius 3 is 2.65 bits per heavy atom. The number of thiophene rings is 1. The Morgan fingerprint density at radius 1 is 1.26 bits per heavy atom. The number of thiazole rings is 1. The van der Waals surface area contributed by atoms with Gasteiger partial charge in [-0.05, 0) is 25.3 Å². The summed E-state index contributed by atoms with van der Waals surface area (Å²) in [7, 11) is 1.74. The molecule has 0 saturated heterocycles. The Morgan fingerprint density at radius 2 is 2.04 bits per heavy atom. The molecule has 0 aliphatic rings. The van der Waals surface area contributed by atoms with Gasteiger partial charge in [-0.2, -0.15) is 5.10 Å². The molecule has 0 aromatic carbocycles. The maximum atomic E-state index is 12.4. The standard InChI is InChI=1S/C15H14N4O2S2/c1-8-12(9(2)19(3)18-8)13(20)14(21)17-15-16-10(7-23-15)11-5-4-6-22-11/h4-7H,1-3H3,(H,16,17,21). The van der Waals surface area contributed by atoms with Crippen LogP contribution >= 0.6 is 22.7 Å². The minimum Gasteiger partial charge on any atom is -0.295 e. The second kappa shape index (κ2) is 6.05. The SMILES string of the molecule is Cc1nn(C)c(C)c1C(=O)C(=O)Nc1nc(-c2cccs2)cs1. The van der Waals surface area contributed by atoms with Gasteiger partial charge in [0.25, 0.3) is 11.7 Å². The lowest BCUT2D eigenvalue weighted by Gasteiger charge is -2.01. The predicted molar refractivity (Wildman–Crippen MR) is 91.1 cm³/mol. The third kappa shape index (κ3) is 2.95. The molecule has 3 aromatic heterocycles. The second-order valence-electron chi connectivity index (χ2n) is 4.97. The van der Waals surface area contributed by atoms with Crippen LogP contribution in [0.1, 0.15) is 21.7 Å². The quantitative estimate of drug-likeness (QED) is 0.582. The van der Waals surface area contributed by atoms with Crippen LogP contribution in [-0.2, 0) is 11.8 Å². The van der Waals surface area contributed by atoms with E-state index in [1.54, 1.807) is 36.9 Å². The molecule has 1 amide bonds. The van der Waals surface area contributed by atoms with E-state index >= 15 is 0 Å². The number of ketones is 1. The van der Waals surface area contributed by atoms with Crippen LogP contribution in [-0.4, -0.2) is 26.5 Å². The Hall–Kier alpha value is -2.32. The van der Waals surface area contributed by atoms with E-state index in [1.165, 1.54) is 11.3 Å². The van der Waals surface area contributed by atoms with E-state index < -0.39 is 11.7 Å². The van der Waals surface area contributed by atoms with Gasteiger partial charge in [0, 0.05) is 18.1 Å². The summed E-state index contributed by atoms with van der Waals surface area (Å²) in [5, 5.41) is 11.0. The fourth-order valence-corrected chi connectivity index (χ4v) is 3.70. The van der Waals surface area contributed by atoms with E-state index in [4.69, 9.17) is 0 Å². The number of amides is 1. The number of carbonyl (C=O) groups is 2. The molecule has 8 heteroatoms. The van der Waals surface area contributed by atoms with E-state index in [0.717, 1.165) is 10.6 Å². The summed E-state index contributed by atoms with van der Waals surface area (Å²) in [6, 6.07) is 3.90. The number of nitrogens with one attached hydrogen (secondary N) is 1. The number of nitrogens with zero attached hydrogens (tertiary/aromatic N) is 3. The fourth-order valence-electron chi connectivity index (χ4n) is 2.24. The van der Waals surface area contributed by atoms with Gasteiger partial charge in [-0.3, -0.25) is 19.6 Å². The molecule has 0 bridgehead atoms. The van der Waals surface area contributed by atoms with E-state index in [2.05, 4.69) is 15.4 Å². The van der Waals surface area contributed by atoms with Gasteiger partial charge in [-0.1, -0.05) is 6.07 Å². The smallest absolute Gasteiger partial charge is 0.295 e. The maximum Gasteiger partial charge on any atom is 0.298 e. The van der Waals surface area contributed by atoms with E-state index in [-0.39, 0.29) is 0 Å². The molecule has 3 heterocycles. The number of hydrogen-bond acceptors (Lipinski definition) is 6. The summed E-state index contributed by atoms with van der Waals surface area (Å²) in [6.45, 7) is 3.48. The molecule has 3 aromatic rings. The molecule has 0 spiro atoms. The van der Waals surface area contributed by atoms with Crippen LogP contribution in [0.5, 0.6) is 0 Å². The normalized spacial score (nSPS) is 10.7. The van der Waals surface area contributed by atoms with Crippen LogP contribution in [0.2, 0.25) is 0 Å². The van der Waals surface area contributed by atoms with Crippen LogP contribution in [0.15, 0.2) is 22.9 Å². The van der Waals surface area contributed by atoms with Gasteiger partial charge >= 0.3 is 0 Å². The Kier molecular flexibility index (Phi) is 4.10. The van der Waals surface area contributed by atoms with Crippen molar-refractivity contribution in [3.8, 4) is 10.6 Å². The fraction of sp³-hybridized carbons (Fsp3) is 0.200. The van der Waals surface area contributed by atoms with E-state index in [1.807, 2.05) is 22.9 Å². The first-order valence-electron chi connectivity index (χ1n) is 6.82. The van der Waals surface area contributed by atoms with Crippen LogP contribution in [0.4, 0.5) is 5.13 Å². The first-order chi connectivity index (χ1) is 11.0. The highest BCUT2D eigenvalue weighted by molar-refractivity contribution is 7.16. The Balaban J connectivity index is 1.78. The zero-order valence-corrected chi connectivity index (χ0v) is 14.4. The highest BCUT2D eigenvalue weighted by Crippen LogP contribution is 2.28. The molecular formula is C15H14N4O2S2. The molecule has 0 aliphatic heterocycles. The van der Waals surface area contributed by atoms with Gasteiger partial charge in [0.2, 0.25) is 0 Å². The summed E-state index contributed by atoms with van der Waals surface area (Å²) in [5.41, 5.74) is 2.35. The van der Waals surface area contributed by atoms with Gasteiger partial charge in [0.1, 0.15) is 0 Å². The first kappa shape index (κ1) is 15.6. The zero-order chi connectivity index (χ0) is 16.6. The third-order valence-electron chi connectivity index (χ3n) is 3.44. The van der Waals surface area contributed by atoms with Crippen molar-refractivity contribution in [3.63, 3.8) is 0 Å². The molecule has 3 rings (SSSR count). The van der Waals surface area contributed by atoms with Gasteiger partial charge in [0.05, 0.1) is 21.8 Å². The third-order valence-corrected chi connectivity index (χ3v) is 5.09. The molecule has 0 aliphatic carbocycles. The lowest BCUT2D eigenvalue weighted by Crippen LogP contribution is -2.23. The molecule has 0 radical (unpaired) electrons. The van der Waals surface area contributed by atoms with Crippen molar-refractivity contribution in [2.75, 3.05) is 5.32 Å². The molecular weight excluding hydrogens is 332 g/mol. The number of carbonyl (C=O) groups excluding carboxylic acids is 2. The largest absolute Gasteiger partial charge is 0.298 e. The van der Waals surface area contributed by atoms with Gasteiger partial charge in [-0.25, -0.2) is 4.98 Å². The van der Waals surface area contributed by atoms with Gasteiger partial charge in [0.15, 0.2) is 5.13 Å². The molecule has 0 unspecified atom stereocenters. The van der Waals surface area contributed by atoms with Crippen molar-refractivity contribution in [2.45, 2.75) is 13.8 Å². The molecule has 0 fully saturated rings. The average Bonchev–Trinajstić information content (AvgIpc) is 3.21. The monoisotopic (exact) mass is 346 g/mol. The number of Topliss-reactive ketones (excluding diaryl/α,β-unsaturated/α-hetero) is 1. The van der Waals surface area contributed by atoms with Gasteiger partial charge < -0.3 is 0 Å². The van der Waals surface area contributed by atoms with E-state index in [0.29, 0.717) is 22.1 Å². The van der Waals surface area contributed by atoms with Crippen LogP contribution in [0.25, 0.3) is 10.6 Å². The van der Waals surface area contributed by atoms with Crippen molar-refractivity contribution >= 4 is 39.5 Å². The highest BCUT2D eigenvalue weighted by Gasteiger charge is 2.24. The summed E-state index contributed by atoms with van der Waals surface area (Å²) in [4.78, 5) is 29.9. The lowest BCUT2D eigenvalue weighted by atomic mass is 10.1. The summed E-state index contributed by atoms with van der Waals surface area (Å²) in [6.07, 6.45) is 0. The molecule has 0 saturated carbocycles. The Bertz CT molecular complexity index is 878. The minimum atomic E-state index is -0.698. The lowest BCUT2D eigenvalue weighted by molar-refractivity contribution is -0.112. The molecule has 118 valence electrons. The number of aryl methyl sites for hydroxylation is 2. The predicted octanol–water partition coefficient (Wildman–Crippen LogP) is 3.04. The van der Waals surface area contributed by atoms with E-state index in [9.17, 15) is 9.59 Å². The van der Waals surface area contributed by atoms with Crippen molar-refractivity contribution in [1.29, 1.82) is 0 Å². The van der Waals surface area contributed by atoms with Crippen molar-refractivity contribution in [3.05, 3.63) is 39.8 Å².